The van der Waals surface area contributed by atoms with Crippen molar-refractivity contribution in [3.63, 3.8) is 0 Å². The third-order valence-corrected chi connectivity index (χ3v) is 3.48. The summed E-state index contributed by atoms with van der Waals surface area (Å²) in [5.41, 5.74) is 2.45. The molecule has 3 aromatic heterocycles. The molecule has 0 bridgehead atoms. The van der Waals surface area contributed by atoms with E-state index in [2.05, 4.69) is 25.5 Å². The van der Waals surface area contributed by atoms with E-state index in [1.165, 1.54) is 0 Å². The van der Waals surface area contributed by atoms with Gasteiger partial charge in [-0.3, -0.25) is 4.68 Å². The van der Waals surface area contributed by atoms with Gasteiger partial charge in [-0.05, 0) is 13.3 Å². The molecule has 0 spiro atoms. The lowest BCUT2D eigenvalue weighted by Crippen LogP contribution is -2.09. The van der Waals surface area contributed by atoms with Crippen molar-refractivity contribution in [1.82, 2.24) is 29.4 Å². The van der Waals surface area contributed by atoms with Crippen molar-refractivity contribution in [3.8, 4) is 0 Å². The van der Waals surface area contributed by atoms with Crippen LogP contribution in [0, 0.1) is 6.92 Å². The standard InChI is InChI=1S/C14H16F3N7/c1-4-10-9(7-23(3)21-10)6-18-11-5-8(2)19-13-20-12(14(15,16)17)22-24(11)13/h5,7,18H,4,6H2,1-3H3. The van der Waals surface area contributed by atoms with Gasteiger partial charge in [-0.25, -0.2) is 4.98 Å². The van der Waals surface area contributed by atoms with E-state index in [1.54, 1.807) is 17.7 Å². The molecule has 0 aromatic carbocycles. The molecule has 3 aromatic rings. The van der Waals surface area contributed by atoms with E-state index >= 15 is 0 Å². The van der Waals surface area contributed by atoms with Crippen LogP contribution in [0.4, 0.5) is 19.0 Å². The molecule has 1 N–H and O–H groups in total. The normalized spacial score (nSPS) is 12.1. The first-order valence-electron chi connectivity index (χ1n) is 7.35. The van der Waals surface area contributed by atoms with Crippen LogP contribution in [0.25, 0.3) is 5.78 Å². The Hall–Kier alpha value is -2.65. The summed E-state index contributed by atoms with van der Waals surface area (Å²) in [6.45, 7) is 4.10. The number of halogens is 3. The second-order valence-corrected chi connectivity index (χ2v) is 5.41. The number of fused-ring (bicyclic) bond motifs is 1. The molecule has 3 rings (SSSR count). The van der Waals surface area contributed by atoms with Crippen LogP contribution in [0.5, 0.6) is 0 Å². The SMILES string of the molecule is CCc1nn(C)cc1CNc1cc(C)nc2nc(C(F)(F)F)nn12. The largest absolute Gasteiger partial charge is 0.453 e. The number of anilines is 1. The molecule has 10 heteroatoms. The predicted molar refractivity (Wildman–Crippen MR) is 80.4 cm³/mol. The summed E-state index contributed by atoms with van der Waals surface area (Å²) in [5, 5.41) is 11.0. The van der Waals surface area contributed by atoms with Gasteiger partial charge >= 0.3 is 6.18 Å². The Morgan fingerprint density at radius 3 is 2.62 bits per heavy atom. The van der Waals surface area contributed by atoms with Gasteiger partial charge in [0.1, 0.15) is 5.82 Å². The third-order valence-electron chi connectivity index (χ3n) is 3.48. The summed E-state index contributed by atoms with van der Waals surface area (Å²) in [5.74, 6) is -0.905. The van der Waals surface area contributed by atoms with Gasteiger partial charge in [0.15, 0.2) is 0 Å². The van der Waals surface area contributed by atoms with E-state index in [0.717, 1.165) is 22.2 Å². The van der Waals surface area contributed by atoms with Crippen molar-refractivity contribution in [2.75, 3.05) is 5.32 Å². The maximum atomic E-state index is 12.8. The summed E-state index contributed by atoms with van der Waals surface area (Å²) in [6.07, 6.45) is -1.97. The molecule has 7 nitrogen and oxygen atoms in total. The second-order valence-electron chi connectivity index (χ2n) is 5.41. The van der Waals surface area contributed by atoms with Gasteiger partial charge in [-0.2, -0.15) is 27.8 Å². The number of nitrogens with zero attached hydrogens (tertiary/aromatic N) is 6. The van der Waals surface area contributed by atoms with Crippen LogP contribution in [0.15, 0.2) is 12.3 Å². The van der Waals surface area contributed by atoms with Crippen molar-refractivity contribution in [3.05, 3.63) is 35.0 Å². The fourth-order valence-corrected chi connectivity index (χ4v) is 2.45. The Balaban J connectivity index is 1.95. The van der Waals surface area contributed by atoms with Crippen LogP contribution >= 0.6 is 0 Å². The molecule has 128 valence electrons. The van der Waals surface area contributed by atoms with Crippen LogP contribution in [0.3, 0.4) is 0 Å². The molecule has 3 heterocycles. The van der Waals surface area contributed by atoms with E-state index in [9.17, 15) is 13.2 Å². The van der Waals surface area contributed by atoms with Gasteiger partial charge in [-0.15, -0.1) is 5.10 Å². The zero-order valence-corrected chi connectivity index (χ0v) is 13.4. The molecule has 0 amide bonds. The molecule has 0 unspecified atom stereocenters. The fourth-order valence-electron chi connectivity index (χ4n) is 2.45. The Kier molecular flexibility index (Phi) is 3.90. The topological polar surface area (TPSA) is 72.9 Å². The molecule has 0 aliphatic heterocycles. The maximum Gasteiger partial charge on any atom is 0.453 e. The number of hydrogen-bond acceptors (Lipinski definition) is 5. The van der Waals surface area contributed by atoms with E-state index in [-0.39, 0.29) is 5.78 Å². The van der Waals surface area contributed by atoms with Gasteiger partial charge in [0, 0.05) is 37.1 Å². The van der Waals surface area contributed by atoms with E-state index in [0.29, 0.717) is 18.1 Å². The summed E-state index contributed by atoms with van der Waals surface area (Å²) in [7, 11) is 1.82. The molecule has 0 saturated heterocycles. The quantitative estimate of drug-likeness (QED) is 0.790. The van der Waals surface area contributed by atoms with Gasteiger partial charge in [-0.1, -0.05) is 6.92 Å². The fraction of sp³-hybridized carbons (Fsp3) is 0.429. The number of rotatable bonds is 4. The number of nitrogens with one attached hydrogen (secondary N) is 1. The molecule has 0 saturated carbocycles. The third kappa shape index (κ3) is 3.03. The Labute approximate surface area is 135 Å². The molecular weight excluding hydrogens is 323 g/mol. The highest BCUT2D eigenvalue weighted by Crippen LogP contribution is 2.27. The summed E-state index contributed by atoms with van der Waals surface area (Å²) < 4.78 is 41.2. The number of hydrogen-bond donors (Lipinski definition) is 1. The van der Waals surface area contributed by atoms with Crippen molar-refractivity contribution < 1.29 is 13.2 Å². The molecule has 0 radical (unpaired) electrons. The average molecular weight is 339 g/mol. The van der Waals surface area contributed by atoms with Crippen LogP contribution in [0.1, 0.15) is 29.7 Å². The molecular formula is C14H16F3N7. The molecule has 0 aliphatic carbocycles. The van der Waals surface area contributed by atoms with Crippen molar-refractivity contribution in [1.29, 1.82) is 0 Å². The number of aryl methyl sites for hydroxylation is 3. The average Bonchev–Trinajstić information content (AvgIpc) is 3.07. The lowest BCUT2D eigenvalue weighted by molar-refractivity contribution is -0.144. The summed E-state index contributed by atoms with van der Waals surface area (Å²) in [6, 6.07) is 1.63. The van der Waals surface area contributed by atoms with Crippen LogP contribution in [-0.4, -0.2) is 29.4 Å². The minimum absolute atomic E-state index is 0.0910. The highest BCUT2D eigenvalue weighted by Gasteiger charge is 2.36. The predicted octanol–water partition coefficient (Wildman–Crippen LogP) is 2.36. The lowest BCUT2D eigenvalue weighted by Gasteiger charge is -2.08. The van der Waals surface area contributed by atoms with Crippen LogP contribution in [0.2, 0.25) is 0 Å². The zero-order chi connectivity index (χ0) is 17.5. The minimum atomic E-state index is -4.61. The number of alkyl halides is 3. The van der Waals surface area contributed by atoms with E-state index in [4.69, 9.17) is 0 Å². The molecule has 0 aliphatic rings. The van der Waals surface area contributed by atoms with Crippen molar-refractivity contribution in [2.24, 2.45) is 7.05 Å². The van der Waals surface area contributed by atoms with Gasteiger partial charge in [0.2, 0.25) is 0 Å². The lowest BCUT2D eigenvalue weighted by atomic mass is 10.2. The zero-order valence-electron chi connectivity index (χ0n) is 13.4. The molecule has 0 atom stereocenters. The molecule has 0 fully saturated rings. The van der Waals surface area contributed by atoms with Crippen LogP contribution in [-0.2, 0) is 26.2 Å². The van der Waals surface area contributed by atoms with E-state index < -0.39 is 12.0 Å². The summed E-state index contributed by atoms with van der Waals surface area (Å²) >= 11 is 0. The van der Waals surface area contributed by atoms with Crippen molar-refractivity contribution >= 4 is 11.6 Å². The smallest absolute Gasteiger partial charge is 0.366 e. The highest BCUT2D eigenvalue weighted by atomic mass is 19.4. The van der Waals surface area contributed by atoms with E-state index in [1.807, 2.05) is 20.2 Å². The second kappa shape index (κ2) is 5.77. The van der Waals surface area contributed by atoms with Crippen LogP contribution < -0.4 is 5.32 Å². The summed E-state index contributed by atoms with van der Waals surface area (Å²) in [4.78, 5) is 7.45. The first-order valence-corrected chi connectivity index (χ1v) is 7.35. The van der Waals surface area contributed by atoms with Crippen molar-refractivity contribution in [2.45, 2.75) is 33.0 Å². The highest BCUT2D eigenvalue weighted by molar-refractivity contribution is 5.46. The number of aromatic nitrogens is 6. The Morgan fingerprint density at radius 1 is 1.21 bits per heavy atom. The minimum Gasteiger partial charge on any atom is -0.366 e. The maximum absolute atomic E-state index is 12.8. The Morgan fingerprint density at radius 2 is 1.96 bits per heavy atom. The molecule has 24 heavy (non-hydrogen) atoms. The first-order chi connectivity index (χ1) is 11.3. The monoisotopic (exact) mass is 339 g/mol. The van der Waals surface area contributed by atoms with Gasteiger partial charge in [0.05, 0.1) is 5.69 Å². The Bertz CT molecular complexity index is 878. The first kappa shape index (κ1) is 16.2. The van der Waals surface area contributed by atoms with Gasteiger partial charge in [0.25, 0.3) is 11.6 Å². The van der Waals surface area contributed by atoms with Gasteiger partial charge < -0.3 is 5.32 Å².